The summed E-state index contributed by atoms with van der Waals surface area (Å²) in [6.45, 7) is 4.33. The summed E-state index contributed by atoms with van der Waals surface area (Å²) in [7, 11) is 0. The molecule has 1 aliphatic rings. The number of ether oxygens (including phenoxy) is 1. The van der Waals surface area contributed by atoms with Crippen LogP contribution in [0.2, 0.25) is 0 Å². The maximum absolute atomic E-state index is 12.9. The number of halogens is 1. The molecule has 6 nitrogen and oxygen atoms in total. The van der Waals surface area contributed by atoms with Crippen LogP contribution in [0.3, 0.4) is 0 Å². The normalized spacial score (nSPS) is 16.2. The van der Waals surface area contributed by atoms with E-state index in [1.165, 1.54) is 28.9 Å². The maximum Gasteiger partial charge on any atom is 0.437 e. The summed E-state index contributed by atoms with van der Waals surface area (Å²) in [6.07, 6.45) is 0. The molecule has 0 bridgehead atoms. The summed E-state index contributed by atoms with van der Waals surface area (Å²) < 4.78 is 24.6. The van der Waals surface area contributed by atoms with Crippen LogP contribution in [0.4, 0.5) is 4.39 Å². The van der Waals surface area contributed by atoms with Gasteiger partial charge in [-0.15, -0.1) is 5.10 Å². The molecule has 2 heterocycles. The number of aromatic nitrogens is 2. The second kappa shape index (κ2) is 6.19. The number of benzene rings is 1. The smallest absolute Gasteiger partial charge is 0.388 e. The number of nitrogens with zero attached hydrogens (tertiary/aromatic N) is 3. The SMILES string of the molecule is O=c1oc(-c2ccc(F)cc2)nn1CCN1CCOCC1. The minimum atomic E-state index is -0.498. The monoisotopic (exact) mass is 293 g/mol. The lowest BCUT2D eigenvalue weighted by atomic mass is 10.2. The van der Waals surface area contributed by atoms with Gasteiger partial charge in [-0.2, -0.15) is 4.68 Å². The summed E-state index contributed by atoms with van der Waals surface area (Å²) in [5.74, 6) is -0.627. The Morgan fingerprint density at radius 3 is 2.57 bits per heavy atom. The molecule has 3 rings (SSSR count). The van der Waals surface area contributed by atoms with E-state index in [1.54, 1.807) is 0 Å². The Balaban J connectivity index is 1.69. The first-order valence-corrected chi connectivity index (χ1v) is 6.86. The highest BCUT2D eigenvalue weighted by molar-refractivity contribution is 5.51. The predicted molar refractivity (Wildman–Crippen MR) is 73.4 cm³/mol. The second-order valence-electron chi connectivity index (χ2n) is 4.86. The highest BCUT2D eigenvalue weighted by Crippen LogP contribution is 2.15. The van der Waals surface area contributed by atoms with Gasteiger partial charge in [0.2, 0.25) is 5.89 Å². The van der Waals surface area contributed by atoms with Crippen molar-refractivity contribution in [2.75, 3.05) is 32.8 Å². The Morgan fingerprint density at radius 2 is 1.86 bits per heavy atom. The maximum atomic E-state index is 12.9. The molecule has 21 heavy (non-hydrogen) atoms. The van der Waals surface area contributed by atoms with Gasteiger partial charge in [-0.05, 0) is 24.3 Å². The Labute approximate surface area is 120 Å². The molecule has 112 valence electrons. The fraction of sp³-hybridized carbons (Fsp3) is 0.429. The molecule has 1 aromatic heterocycles. The van der Waals surface area contributed by atoms with Crippen molar-refractivity contribution in [1.82, 2.24) is 14.7 Å². The third-order valence-corrected chi connectivity index (χ3v) is 3.43. The van der Waals surface area contributed by atoms with Crippen LogP contribution in [0.15, 0.2) is 33.5 Å². The molecule has 2 aromatic rings. The number of hydrogen-bond acceptors (Lipinski definition) is 5. The van der Waals surface area contributed by atoms with Gasteiger partial charge in [-0.1, -0.05) is 0 Å². The topological polar surface area (TPSA) is 60.5 Å². The molecule has 1 aliphatic heterocycles. The third kappa shape index (κ3) is 3.37. The van der Waals surface area contributed by atoms with Gasteiger partial charge in [-0.25, -0.2) is 9.18 Å². The van der Waals surface area contributed by atoms with Crippen molar-refractivity contribution in [1.29, 1.82) is 0 Å². The fourth-order valence-corrected chi connectivity index (χ4v) is 2.22. The van der Waals surface area contributed by atoms with E-state index in [4.69, 9.17) is 9.15 Å². The molecule has 0 saturated carbocycles. The zero-order chi connectivity index (χ0) is 14.7. The standard InChI is InChI=1S/C14H16FN3O3/c15-12-3-1-11(2-4-12)13-16-18(14(19)21-13)6-5-17-7-9-20-10-8-17/h1-4H,5-10H2. The Kier molecular flexibility index (Phi) is 4.12. The summed E-state index contributed by atoms with van der Waals surface area (Å²) in [6, 6.07) is 5.68. The van der Waals surface area contributed by atoms with Gasteiger partial charge in [0.15, 0.2) is 0 Å². The molecule has 1 aromatic carbocycles. The van der Waals surface area contributed by atoms with E-state index in [1.807, 2.05) is 0 Å². The molecule has 0 spiro atoms. The number of hydrogen-bond donors (Lipinski definition) is 0. The van der Waals surface area contributed by atoms with Crippen molar-refractivity contribution in [2.24, 2.45) is 0 Å². The fourth-order valence-electron chi connectivity index (χ4n) is 2.22. The van der Waals surface area contributed by atoms with Crippen LogP contribution >= 0.6 is 0 Å². The van der Waals surface area contributed by atoms with E-state index < -0.39 is 5.76 Å². The van der Waals surface area contributed by atoms with Crippen LogP contribution in [0.1, 0.15) is 0 Å². The minimum absolute atomic E-state index is 0.210. The van der Waals surface area contributed by atoms with Crippen molar-refractivity contribution in [3.63, 3.8) is 0 Å². The average Bonchev–Trinajstić information content (AvgIpc) is 2.88. The van der Waals surface area contributed by atoms with Crippen molar-refractivity contribution in [2.45, 2.75) is 6.54 Å². The van der Waals surface area contributed by atoms with Crippen molar-refractivity contribution < 1.29 is 13.5 Å². The molecule has 1 fully saturated rings. The second-order valence-corrected chi connectivity index (χ2v) is 4.86. The molecular weight excluding hydrogens is 277 g/mol. The summed E-state index contributed by atoms with van der Waals surface area (Å²) in [5.41, 5.74) is 0.582. The molecule has 7 heteroatoms. The van der Waals surface area contributed by atoms with E-state index in [0.29, 0.717) is 25.3 Å². The van der Waals surface area contributed by atoms with Gasteiger partial charge in [0.05, 0.1) is 19.8 Å². The molecule has 0 radical (unpaired) electrons. The van der Waals surface area contributed by atoms with Crippen LogP contribution in [0.5, 0.6) is 0 Å². The largest absolute Gasteiger partial charge is 0.437 e. The van der Waals surface area contributed by atoms with E-state index in [0.717, 1.165) is 19.6 Å². The zero-order valence-electron chi connectivity index (χ0n) is 11.5. The van der Waals surface area contributed by atoms with Crippen molar-refractivity contribution >= 4 is 0 Å². The van der Waals surface area contributed by atoms with Gasteiger partial charge < -0.3 is 9.15 Å². The molecule has 0 amide bonds. The highest BCUT2D eigenvalue weighted by Gasteiger charge is 2.13. The van der Waals surface area contributed by atoms with Crippen molar-refractivity contribution in [3.05, 3.63) is 40.6 Å². The molecule has 0 aliphatic carbocycles. The van der Waals surface area contributed by atoms with E-state index in [9.17, 15) is 9.18 Å². The molecule has 0 N–H and O–H groups in total. The van der Waals surface area contributed by atoms with Crippen LogP contribution in [0.25, 0.3) is 11.5 Å². The number of rotatable bonds is 4. The van der Waals surface area contributed by atoms with Gasteiger partial charge in [-0.3, -0.25) is 4.90 Å². The van der Waals surface area contributed by atoms with Crippen LogP contribution < -0.4 is 5.76 Å². The van der Waals surface area contributed by atoms with Crippen LogP contribution in [0, 0.1) is 5.82 Å². The van der Waals surface area contributed by atoms with Crippen molar-refractivity contribution in [3.8, 4) is 11.5 Å². The Bertz CT molecular complexity index is 644. The lowest BCUT2D eigenvalue weighted by molar-refractivity contribution is 0.0357. The quantitative estimate of drug-likeness (QED) is 0.841. The van der Waals surface area contributed by atoms with Crippen LogP contribution in [-0.2, 0) is 11.3 Å². The van der Waals surface area contributed by atoms with Gasteiger partial charge in [0, 0.05) is 25.2 Å². The molecule has 0 unspecified atom stereocenters. The minimum Gasteiger partial charge on any atom is -0.388 e. The highest BCUT2D eigenvalue weighted by atomic mass is 19.1. The van der Waals surface area contributed by atoms with Gasteiger partial charge >= 0.3 is 5.76 Å². The summed E-state index contributed by atoms with van der Waals surface area (Å²) in [5, 5.41) is 4.15. The first-order chi connectivity index (χ1) is 10.2. The lowest BCUT2D eigenvalue weighted by Crippen LogP contribution is -2.39. The Morgan fingerprint density at radius 1 is 1.14 bits per heavy atom. The molecule has 1 saturated heterocycles. The third-order valence-electron chi connectivity index (χ3n) is 3.43. The van der Waals surface area contributed by atoms with Gasteiger partial charge in [0.1, 0.15) is 5.82 Å². The predicted octanol–water partition coefficient (Wildman–Crippen LogP) is 0.975. The van der Waals surface area contributed by atoms with Gasteiger partial charge in [0.25, 0.3) is 0 Å². The first kappa shape index (κ1) is 14.0. The van der Waals surface area contributed by atoms with E-state index in [2.05, 4.69) is 10.00 Å². The van der Waals surface area contributed by atoms with E-state index in [-0.39, 0.29) is 11.7 Å². The van der Waals surface area contributed by atoms with Crippen LogP contribution in [-0.4, -0.2) is 47.5 Å². The summed E-state index contributed by atoms with van der Waals surface area (Å²) >= 11 is 0. The molecular formula is C14H16FN3O3. The zero-order valence-corrected chi connectivity index (χ0v) is 11.5. The first-order valence-electron chi connectivity index (χ1n) is 6.86. The average molecular weight is 293 g/mol. The molecule has 0 atom stereocenters. The number of morpholine rings is 1. The summed E-state index contributed by atoms with van der Waals surface area (Å²) in [4.78, 5) is 14.0. The lowest BCUT2D eigenvalue weighted by Gasteiger charge is -2.25. The Hall–Kier alpha value is -1.99. The van der Waals surface area contributed by atoms with E-state index >= 15 is 0 Å².